The second-order valence-electron chi connectivity index (χ2n) is 3.71. The van der Waals surface area contributed by atoms with Crippen molar-refractivity contribution >= 4 is 15.8 Å². The second-order valence-corrected chi connectivity index (χ2v) is 6.01. The van der Waals surface area contributed by atoms with Gasteiger partial charge in [-0.1, -0.05) is 0 Å². The van der Waals surface area contributed by atoms with E-state index in [-0.39, 0.29) is 37.4 Å². The normalized spacial score (nSPS) is 24.4. The number of aliphatic hydroxyl groups excluding tert-OH is 1. The maximum atomic E-state index is 11.1. The molecule has 0 amide bonds. The Morgan fingerprint density at radius 2 is 1.79 bits per heavy atom. The highest BCUT2D eigenvalue weighted by Gasteiger charge is 2.42. The van der Waals surface area contributed by atoms with Crippen molar-refractivity contribution in [1.29, 1.82) is 0 Å². The zero-order valence-electron chi connectivity index (χ0n) is 7.77. The molecule has 82 valence electrons. The molecule has 14 heavy (non-hydrogen) atoms. The van der Waals surface area contributed by atoms with E-state index in [9.17, 15) is 13.2 Å². The van der Waals surface area contributed by atoms with Gasteiger partial charge < -0.3 is 10.2 Å². The minimum Gasteiger partial charge on any atom is -0.481 e. The largest absolute Gasteiger partial charge is 0.481 e. The first-order valence-electron chi connectivity index (χ1n) is 4.47. The van der Waals surface area contributed by atoms with E-state index in [1.807, 2.05) is 0 Å². The molecular weight excluding hydrogens is 208 g/mol. The lowest BCUT2D eigenvalue weighted by Crippen LogP contribution is -2.40. The summed E-state index contributed by atoms with van der Waals surface area (Å²) < 4.78 is 22.2. The van der Waals surface area contributed by atoms with Crippen LogP contribution in [0, 0.1) is 5.41 Å². The molecule has 0 spiro atoms. The quantitative estimate of drug-likeness (QED) is 0.681. The number of hydrogen-bond acceptors (Lipinski definition) is 4. The van der Waals surface area contributed by atoms with Crippen LogP contribution in [-0.4, -0.2) is 42.7 Å². The number of hydrogen-bond donors (Lipinski definition) is 2. The van der Waals surface area contributed by atoms with Gasteiger partial charge in [-0.2, -0.15) is 0 Å². The van der Waals surface area contributed by atoms with Crippen LogP contribution >= 0.6 is 0 Å². The topological polar surface area (TPSA) is 91.7 Å². The summed E-state index contributed by atoms with van der Waals surface area (Å²) in [6, 6.07) is 0. The summed E-state index contributed by atoms with van der Waals surface area (Å²) >= 11 is 0. The summed E-state index contributed by atoms with van der Waals surface area (Å²) in [6.45, 7) is -0.216. The monoisotopic (exact) mass is 222 g/mol. The van der Waals surface area contributed by atoms with E-state index in [0.29, 0.717) is 0 Å². The van der Waals surface area contributed by atoms with E-state index < -0.39 is 21.2 Å². The van der Waals surface area contributed by atoms with Crippen LogP contribution < -0.4 is 0 Å². The van der Waals surface area contributed by atoms with Crippen molar-refractivity contribution in [1.82, 2.24) is 0 Å². The third-order valence-electron chi connectivity index (χ3n) is 2.83. The molecule has 0 aromatic rings. The summed E-state index contributed by atoms with van der Waals surface area (Å²) in [7, 11) is -3.05. The lowest BCUT2D eigenvalue weighted by atomic mass is 9.79. The van der Waals surface area contributed by atoms with Gasteiger partial charge >= 0.3 is 5.97 Å². The molecule has 0 aliphatic carbocycles. The molecule has 0 saturated carbocycles. The molecule has 6 heteroatoms. The summed E-state index contributed by atoms with van der Waals surface area (Å²) in [5.41, 5.74) is -1.03. The lowest BCUT2D eigenvalue weighted by molar-refractivity contribution is -0.150. The van der Waals surface area contributed by atoms with Gasteiger partial charge in [-0.15, -0.1) is 0 Å². The molecule has 0 aromatic carbocycles. The van der Waals surface area contributed by atoms with Crippen LogP contribution in [0.5, 0.6) is 0 Å². The Kier molecular flexibility index (Phi) is 3.16. The number of carboxylic acids is 1. The lowest BCUT2D eigenvalue weighted by Gasteiger charge is -2.32. The molecule has 0 aromatic heterocycles. The molecule has 0 bridgehead atoms. The van der Waals surface area contributed by atoms with Crippen LogP contribution in [0.3, 0.4) is 0 Å². The SMILES string of the molecule is O=C(O)C1(CCO)CCS(=O)(=O)CC1. The first kappa shape index (κ1) is 11.5. The Bertz CT molecular complexity index is 305. The molecule has 0 atom stereocenters. The second kappa shape index (κ2) is 3.86. The van der Waals surface area contributed by atoms with E-state index in [1.165, 1.54) is 0 Å². The molecule has 1 saturated heterocycles. The van der Waals surface area contributed by atoms with E-state index in [1.54, 1.807) is 0 Å². The van der Waals surface area contributed by atoms with E-state index in [4.69, 9.17) is 10.2 Å². The molecule has 1 rings (SSSR count). The maximum Gasteiger partial charge on any atom is 0.309 e. The number of carbonyl (C=O) groups is 1. The van der Waals surface area contributed by atoms with Gasteiger partial charge in [0.2, 0.25) is 0 Å². The highest BCUT2D eigenvalue weighted by molar-refractivity contribution is 7.91. The van der Waals surface area contributed by atoms with Crippen molar-refractivity contribution in [2.45, 2.75) is 19.3 Å². The molecule has 1 aliphatic rings. The maximum absolute atomic E-state index is 11.1. The highest BCUT2D eigenvalue weighted by Crippen LogP contribution is 2.35. The van der Waals surface area contributed by atoms with Gasteiger partial charge in [-0.25, -0.2) is 8.42 Å². The number of carboxylic acid groups (broad SMARTS) is 1. The Morgan fingerprint density at radius 1 is 1.29 bits per heavy atom. The Hall–Kier alpha value is -0.620. The number of aliphatic carboxylic acids is 1. The van der Waals surface area contributed by atoms with Crippen LogP contribution in [0.15, 0.2) is 0 Å². The van der Waals surface area contributed by atoms with E-state index in [2.05, 4.69) is 0 Å². The van der Waals surface area contributed by atoms with Crippen LogP contribution in [0.1, 0.15) is 19.3 Å². The van der Waals surface area contributed by atoms with Crippen LogP contribution in [-0.2, 0) is 14.6 Å². The van der Waals surface area contributed by atoms with Gasteiger partial charge in [-0.05, 0) is 19.3 Å². The number of aliphatic hydroxyl groups is 1. The average Bonchev–Trinajstić information content (AvgIpc) is 2.09. The molecule has 1 heterocycles. The summed E-state index contributed by atoms with van der Waals surface area (Å²) in [6.07, 6.45) is 0.369. The van der Waals surface area contributed by atoms with Crippen molar-refractivity contribution in [2.24, 2.45) is 5.41 Å². The molecule has 0 radical (unpaired) electrons. The third-order valence-corrected chi connectivity index (χ3v) is 4.48. The molecule has 1 fully saturated rings. The van der Waals surface area contributed by atoms with Gasteiger partial charge in [0.25, 0.3) is 0 Å². The van der Waals surface area contributed by atoms with Crippen LogP contribution in [0.4, 0.5) is 0 Å². The zero-order valence-corrected chi connectivity index (χ0v) is 8.59. The minimum atomic E-state index is -3.05. The number of sulfone groups is 1. The van der Waals surface area contributed by atoms with Gasteiger partial charge in [0, 0.05) is 6.61 Å². The van der Waals surface area contributed by atoms with Crippen molar-refractivity contribution < 1.29 is 23.4 Å². The van der Waals surface area contributed by atoms with Crippen LogP contribution in [0.25, 0.3) is 0 Å². The van der Waals surface area contributed by atoms with Crippen molar-refractivity contribution in [3.8, 4) is 0 Å². The third kappa shape index (κ3) is 2.24. The predicted octanol–water partition coefficient (Wildman–Crippen LogP) is -0.352. The first-order chi connectivity index (χ1) is 6.42. The molecule has 5 nitrogen and oxygen atoms in total. The van der Waals surface area contributed by atoms with Crippen molar-refractivity contribution in [3.05, 3.63) is 0 Å². The van der Waals surface area contributed by atoms with Gasteiger partial charge in [0.15, 0.2) is 0 Å². The molecular formula is C8H14O5S. The summed E-state index contributed by atoms with van der Waals surface area (Å²) in [5, 5.41) is 17.7. The minimum absolute atomic E-state index is 0.0840. The molecule has 2 N–H and O–H groups in total. The fourth-order valence-electron chi connectivity index (χ4n) is 1.71. The average molecular weight is 222 g/mol. The Morgan fingerprint density at radius 3 is 2.14 bits per heavy atom. The standard InChI is InChI=1S/C8H14O5S/c9-4-1-8(7(10)11)2-5-14(12,13)6-3-8/h9H,1-6H2,(H,10,11). The summed E-state index contributed by atoms with van der Waals surface area (Å²) in [4.78, 5) is 11.0. The highest BCUT2D eigenvalue weighted by atomic mass is 32.2. The smallest absolute Gasteiger partial charge is 0.309 e. The van der Waals surface area contributed by atoms with Gasteiger partial charge in [0.05, 0.1) is 16.9 Å². The zero-order chi connectivity index (χ0) is 10.8. The summed E-state index contributed by atoms with van der Waals surface area (Å²) in [5.74, 6) is -1.17. The van der Waals surface area contributed by atoms with Gasteiger partial charge in [0.1, 0.15) is 9.84 Å². The van der Waals surface area contributed by atoms with Gasteiger partial charge in [-0.3, -0.25) is 4.79 Å². The van der Waals surface area contributed by atoms with Crippen molar-refractivity contribution in [3.63, 3.8) is 0 Å². The molecule has 1 aliphatic heterocycles. The molecule has 0 unspecified atom stereocenters. The van der Waals surface area contributed by atoms with E-state index >= 15 is 0 Å². The fraction of sp³-hybridized carbons (Fsp3) is 0.875. The van der Waals surface area contributed by atoms with E-state index in [0.717, 1.165) is 0 Å². The first-order valence-corrected chi connectivity index (χ1v) is 6.29. The predicted molar refractivity (Wildman–Crippen MR) is 49.7 cm³/mol. The van der Waals surface area contributed by atoms with Crippen molar-refractivity contribution in [2.75, 3.05) is 18.1 Å². The fourth-order valence-corrected chi connectivity index (χ4v) is 3.32. The Labute approximate surface area is 82.7 Å². The van der Waals surface area contributed by atoms with Crippen LogP contribution in [0.2, 0.25) is 0 Å². The Balaban J connectivity index is 2.79. The number of rotatable bonds is 3.